The van der Waals surface area contributed by atoms with Gasteiger partial charge in [-0.2, -0.15) is 0 Å². The zero-order valence-corrected chi connectivity index (χ0v) is 8.00. The third-order valence-corrected chi connectivity index (χ3v) is 2.17. The lowest BCUT2D eigenvalue weighted by molar-refractivity contribution is 0.102. The molecule has 13 heavy (non-hydrogen) atoms. The van der Waals surface area contributed by atoms with E-state index in [9.17, 15) is 9.00 Å². The lowest BCUT2D eigenvalue weighted by Crippen LogP contribution is -2.09. The Hall–Kier alpha value is -1.16. The topological polar surface area (TPSA) is 54.4 Å². The van der Waals surface area contributed by atoms with Crippen molar-refractivity contribution in [3.8, 4) is 5.75 Å². The van der Waals surface area contributed by atoms with E-state index in [0.717, 1.165) is 0 Å². The van der Waals surface area contributed by atoms with Gasteiger partial charge in [-0.05, 0) is 12.1 Å². The third-order valence-electron chi connectivity index (χ3n) is 1.50. The first kappa shape index (κ1) is 9.92. The van der Waals surface area contributed by atoms with E-state index in [4.69, 9.17) is 5.11 Å². The zero-order chi connectivity index (χ0) is 9.84. The molecule has 0 spiro atoms. The molecule has 0 fully saturated rings. The number of ketones is 1. The number of carbonyl (C=O) groups is 1. The maximum atomic E-state index is 11.3. The molecule has 3 nitrogen and oxygen atoms in total. The maximum Gasteiger partial charge on any atom is 0.175 e. The van der Waals surface area contributed by atoms with Crippen molar-refractivity contribution >= 4 is 16.6 Å². The van der Waals surface area contributed by atoms with Crippen molar-refractivity contribution in [2.75, 3.05) is 12.0 Å². The summed E-state index contributed by atoms with van der Waals surface area (Å²) in [5.41, 5.74) is 0.398. The summed E-state index contributed by atoms with van der Waals surface area (Å²) in [7, 11) is -1.13. The van der Waals surface area contributed by atoms with Crippen LogP contribution in [0.15, 0.2) is 24.3 Å². The van der Waals surface area contributed by atoms with Gasteiger partial charge in [-0.3, -0.25) is 9.00 Å². The average molecular weight is 198 g/mol. The van der Waals surface area contributed by atoms with Crippen LogP contribution in [0.3, 0.4) is 0 Å². The molecule has 0 aromatic heterocycles. The molecule has 0 saturated carbocycles. The van der Waals surface area contributed by atoms with Gasteiger partial charge in [0.05, 0.1) is 5.75 Å². The number of benzene rings is 1. The standard InChI is InChI=1S/C9H10O3S/c1-13(12)6-9(11)7-3-2-4-8(10)5-7/h2-5,10H,6H2,1H3. The SMILES string of the molecule is CS(=O)CC(=O)c1cccc(O)c1. The molecule has 1 aromatic rings. The molecule has 0 heterocycles. The van der Waals surface area contributed by atoms with Crippen LogP contribution in [0.2, 0.25) is 0 Å². The summed E-state index contributed by atoms with van der Waals surface area (Å²) >= 11 is 0. The molecule has 0 aliphatic carbocycles. The smallest absolute Gasteiger partial charge is 0.175 e. The molecular weight excluding hydrogens is 188 g/mol. The second-order valence-corrected chi connectivity index (χ2v) is 4.13. The Labute approximate surface area is 78.9 Å². The second kappa shape index (κ2) is 4.18. The molecule has 1 unspecified atom stereocenters. The number of carbonyl (C=O) groups excluding carboxylic acids is 1. The zero-order valence-electron chi connectivity index (χ0n) is 7.19. The Kier molecular flexibility index (Phi) is 3.19. The fourth-order valence-electron chi connectivity index (χ4n) is 0.947. The van der Waals surface area contributed by atoms with E-state index < -0.39 is 10.8 Å². The van der Waals surface area contributed by atoms with Crippen LogP contribution in [0, 0.1) is 0 Å². The minimum Gasteiger partial charge on any atom is -0.508 e. The number of rotatable bonds is 3. The minimum absolute atomic E-state index is 0.00343. The molecule has 1 N–H and O–H groups in total. The van der Waals surface area contributed by atoms with Gasteiger partial charge in [0.1, 0.15) is 5.75 Å². The van der Waals surface area contributed by atoms with Crippen molar-refractivity contribution in [1.82, 2.24) is 0 Å². The van der Waals surface area contributed by atoms with Crippen molar-refractivity contribution in [3.63, 3.8) is 0 Å². The molecule has 1 rings (SSSR count). The van der Waals surface area contributed by atoms with Gasteiger partial charge in [0.25, 0.3) is 0 Å². The molecule has 4 heteroatoms. The number of aromatic hydroxyl groups is 1. The first-order valence-corrected chi connectivity index (χ1v) is 5.44. The van der Waals surface area contributed by atoms with Gasteiger partial charge in [-0.1, -0.05) is 12.1 Å². The van der Waals surface area contributed by atoms with Gasteiger partial charge in [0.15, 0.2) is 5.78 Å². The van der Waals surface area contributed by atoms with Crippen LogP contribution in [0.5, 0.6) is 5.75 Å². The predicted octanol–water partition coefficient (Wildman–Crippen LogP) is 0.953. The van der Waals surface area contributed by atoms with Gasteiger partial charge in [0, 0.05) is 22.6 Å². The molecule has 1 atom stereocenters. The largest absolute Gasteiger partial charge is 0.508 e. The summed E-state index contributed by atoms with van der Waals surface area (Å²) in [5.74, 6) is -0.159. The van der Waals surface area contributed by atoms with Gasteiger partial charge < -0.3 is 5.11 Å². The van der Waals surface area contributed by atoms with E-state index in [0.29, 0.717) is 5.56 Å². The molecule has 0 amide bonds. The molecule has 0 bridgehead atoms. The van der Waals surface area contributed by atoms with Gasteiger partial charge in [-0.15, -0.1) is 0 Å². The van der Waals surface area contributed by atoms with Crippen molar-refractivity contribution in [3.05, 3.63) is 29.8 Å². The van der Waals surface area contributed by atoms with E-state index in [1.54, 1.807) is 12.1 Å². The molecule has 0 aliphatic heterocycles. The van der Waals surface area contributed by atoms with E-state index in [-0.39, 0.29) is 17.3 Å². The van der Waals surface area contributed by atoms with E-state index in [2.05, 4.69) is 0 Å². The lowest BCUT2D eigenvalue weighted by atomic mass is 10.1. The van der Waals surface area contributed by atoms with Crippen LogP contribution < -0.4 is 0 Å². The summed E-state index contributed by atoms with van der Waals surface area (Å²) in [6.07, 6.45) is 1.47. The Bertz CT molecular complexity index is 346. The van der Waals surface area contributed by atoms with Gasteiger partial charge >= 0.3 is 0 Å². The van der Waals surface area contributed by atoms with Crippen LogP contribution in [0.1, 0.15) is 10.4 Å². The quantitative estimate of drug-likeness (QED) is 0.736. The fraction of sp³-hybridized carbons (Fsp3) is 0.222. The van der Waals surface area contributed by atoms with Gasteiger partial charge in [0.2, 0.25) is 0 Å². The maximum absolute atomic E-state index is 11.3. The second-order valence-electron chi connectivity index (χ2n) is 2.69. The Morgan fingerprint density at radius 3 is 2.77 bits per heavy atom. The lowest BCUT2D eigenvalue weighted by Gasteiger charge is -1.98. The Morgan fingerprint density at radius 2 is 2.23 bits per heavy atom. The van der Waals surface area contributed by atoms with Crippen LogP contribution in [-0.2, 0) is 10.8 Å². The van der Waals surface area contributed by atoms with E-state index in [1.165, 1.54) is 18.4 Å². The molecule has 0 aliphatic rings. The first-order valence-electron chi connectivity index (χ1n) is 3.72. The summed E-state index contributed by atoms with van der Waals surface area (Å²) in [5, 5.41) is 9.07. The fourth-order valence-corrected chi connectivity index (χ4v) is 1.48. The van der Waals surface area contributed by atoms with Crippen LogP contribution >= 0.6 is 0 Å². The number of Topliss-reactive ketones (excluding diaryl/α,β-unsaturated/α-hetero) is 1. The van der Waals surface area contributed by atoms with Crippen molar-refractivity contribution in [1.29, 1.82) is 0 Å². The highest BCUT2D eigenvalue weighted by Crippen LogP contribution is 2.11. The number of phenolic OH excluding ortho intramolecular Hbond substituents is 1. The minimum atomic E-state index is -1.13. The molecule has 1 aromatic carbocycles. The van der Waals surface area contributed by atoms with Crippen LogP contribution in [0.25, 0.3) is 0 Å². The number of hydrogen-bond acceptors (Lipinski definition) is 3. The number of hydrogen-bond donors (Lipinski definition) is 1. The van der Waals surface area contributed by atoms with E-state index in [1.807, 2.05) is 0 Å². The van der Waals surface area contributed by atoms with Crippen LogP contribution in [0.4, 0.5) is 0 Å². The molecule has 0 radical (unpaired) electrons. The summed E-state index contributed by atoms with van der Waals surface area (Å²) < 4.78 is 10.7. The predicted molar refractivity (Wildman–Crippen MR) is 51.4 cm³/mol. The normalized spacial score (nSPS) is 12.4. The first-order chi connectivity index (χ1) is 6.09. The summed E-state index contributed by atoms with van der Waals surface area (Å²) in [6, 6.07) is 6.03. The molecular formula is C9H10O3S. The highest BCUT2D eigenvalue weighted by molar-refractivity contribution is 7.85. The third kappa shape index (κ3) is 2.99. The Balaban J connectivity index is 2.83. The average Bonchev–Trinajstić information content (AvgIpc) is 2.03. The molecule has 0 saturated heterocycles. The summed E-state index contributed by atoms with van der Waals surface area (Å²) in [4.78, 5) is 11.3. The monoisotopic (exact) mass is 198 g/mol. The van der Waals surface area contributed by atoms with Gasteiger partial charge in [-0.25, -0.2) is 0 Å². The van der Waals surface area contributed by atoms with Crippen molar-refractivity contribution < 1.29 is 14.1 Å². The molecule has 70 valence electrons. The Morgan fingerprint density at radius 1 is 1.54 bits per heavy atom. The van der Waals surface area contributed by atoms with Crippen LogP contribution in [-0.4, -0.2) is 27.1 Å². The van der Waals surface area contributed by atoms with Crippen molar-refractivity contribution in [2.24, 2.45) is 0 Å². The van der Waals surface area contributed by atoms with E-state index >= 15 is 0 Å². The highest BCUT2D eigenvalue weighted by Gasteiger charge is 2.07. The highest BCUT2D eigenvalue weighted by atomic mass is 32.2. The number of phenols is 1. The summed E-state index contributed by atoms with van der Waals surface area (Å²) in [6.45, 7) is 0. The van der Waals surface area contributed by atoms with Crippen molar-refractivity contribution in [2.45, 2.75) is 0 Å².